The molecule has 0 spiro atoms. The molecule has 1 heterocycles. The molecule has 1 unspecified atom stereocenters. The average Bonchev–Trinajstić information content (AvgIpc) is 2.77. The largest absolute Gasteiger partial charge is 0.307 e. The van der Waals surface area contributed by atoms with E-state index in [1.165, 1.54) is 16.7 Å². The lowest BCUT2D eigenvalue weighted by atomic mass is 9.99. The van der Waals surface area contributed by atoms with E-state index in [2.05, 4.69) is 70.1 Å². The standard InChI is InChI=1S/C14H16BrNS/c1-3-16-14(11-4-5-17-9-11)12-6-10(2)7-13(15)8-12/h4-9,14,16H,3H2,1-2H3. The molecule has 1 nitrogen and oxygen atoms in total. The summed E-state index contributed by atoms with van der Waals surface area (Å²) in [6.45, 7) is 5.24. The lowest BCUT2D eigenvalue weighted by molar-refractivity contribution is 0.632. The highest BCUT2D eigenvalue weighted by molar-refractivity contribution is 9.10. The second-order valence-electron chi connectivity index (χ2n) is 4.11. The van der Waals surface area contributed by atoms with Crippen LogP contribution < -0.4 is 5.32 Å². The lowest BCUT2D eigenvalue weighted by Crippen LogP contribution is -2.21. The Labute approximate surface area is 115 Å². The van der Waals surface area contributed by atoms with Crippen LogP contribution in [0.1, 0.15) is 29.7 Å². The molecule has 0 fully saturated rings. The normalized spacial score (nSPS) is 12.6. The molecule has 2 rings (SSSR count). The van der Waals surface area contributed by atoms with E-state index in [1.807, 2.05) is 0 Å². The second kappa shape index (κ2) is 5.80. The van der Waals surface area contributed by atoms with Crippen LogP contribution in [0.3, 0.4) is 0 Å². The zero-order valence-electron chi connectivity index (χ0n) is 10.0. The Bertz CT molecular complexity index is 459. The molecule has 0 aliphatic carbocycles. The molecular formula is C14H16BrNS. The van der Waals surface area contributed by atoms with Crippen molar-refractivity contribution in [3.05, 3.63) is 56.2 Å². The van der Waals surface area contributed by atoms with Crippen molar-refractivity contribution in [3.63, 3.8) is 0 Å². The molecule has 1 aromatic carbocycles. The minimum Gasteiger partial charge on any atom is -0.307 e. The van der Waals surface area contributed by atoms with Crippen LogP contribution in [-0.4, -0.2) is 6.54 Å². The van der Waals surface area contributed by atoms with Crippen LogP contribution >= 0.6 is 27.3 Å². The molecule has 0 aliphatic heterocycles. The first-order valence-electron chi connectivity index (χ1n) is 5.73. The number of nitrogens with one attached hydrogen (secondary N) is 1. The molecule has 0 aliphatic rings. The maximum atomic E-state index is 3.57. The van der Waals surface area contributed by atoms with Gasteiger partial charge in [-0.3, -0.25) is 0 Å². The Morgan fingerprint density at radius 2 is 2.12 bits per heavy atom. The number of rotatable bonds is 4. The summed E-state index contributed by atoms with van der Waals surface area (Å²) in [5.74, 6) is 0. The van der Waals surface area contributed by atoms with Crippen LogP contribution in [0.2, 0.25) is 0 Å². The predicted octanol–water partition coefficient (Wildman–Crippen LogP) is 4.52. The minimum atomic E-state index is 0.294. The smallest absolute Gasteiger partial charge is 0.0585 e. The van der Waals surface area contributed by atoms with Gasteiger partial charge in [0.2, 0.25) is 0 Å². The summed E-state index contributed by atoms with van der Waals surface area (Å²) in [4.78, 5) is 0. The van der Waals surface area contributed by atoms with Crippen molar-refractivity contribution in [3.8, 4) is 0 Å². The molecule has 1 N–H and O–H groups in total. The highest BCUT2D eigenvalue weighted by Gasteiger charge is 2.13. The van der Waals surface area contributed by atoms with E-state index in [4.69, 9.17) is 0 Å². The van der Waals surface area contributed by atoms with Crippen molar-refractivity contribution in [2.45, 2.75) is 19.9 Å². The van der Waals surface area contributed by atoms with Crippen LogP contribution in [0.15, 0.2) is 39.5 Å². The molecule has 0 bridgehead atoms. The number of halogens is 1. The summed E-state index contributed by atoms with van der Waals surface area (Å²) in [5.41, 5.74) is 3.94. The Morgan fingerprint density at radius 3 is 2.71 bits per heavy atom. The third-order valence-electron chi connectivity index (χ3n) is 2.68. The van der Waals surface area contributed by atoms with Crippen LogP contribution in [0.5, 0.6) is 0 Å². The Morgan fingerprint density at radius 1 is 1.29 bits per heavy atom. The van der Waals surface area contributed by atoms with Crippen LogP contribution in [0, 0.1) is 6.92 Å². The molecule has 90 valence electrons. The van der Waals surface area contributed by atoms with Crippen molar-refractivity contribution in [2.24, 2.45) is 0 Å². The maximum Gasteiger partial charge on any atom is 0.0585 e. The summed E-state index contributed by atoms with van der Waals surface area (Å²) < 4.78 is 1.14. The van der Waals surface area contributed by atoms with Gasteiger partial charge in [0.1, 0.15) is 0 Å². The van der Waals surface area contributed by atoms with Gasteiger partial charge in [-0.2, -0.15) is 11.3 Å². The van der Waals surface area contributed by atoms with Gasteiger partial charge in [-0.25, -0.2) is 0 Å². The van der Waals surface area contributed by atoms with Crippen LogP contribution in [0.4, 0.5) is 0 Å². The van der Waals surface area contributed by atoms with Crippen molar-refractivity contribution in [2.75, 3.05) is 6.54 Å². The summed E-state index contributed by atoms with van der Waals surface area (Å²) in [6.07, 6.45) is 0. The van der Waals surface area contributed by atoms with E-state index in [9.17, 15) is 0 Å². The topological polar surface area (TPSA) is 12.0 Å². The van der Waals surface area contributed by atoms with E-state index in [1.54, 1.807) is 11.3 Å². The SMILES string of the molecule is CCNC(c1ccsc1)c1cc(C)cc(Br)c1. The molecule has 0 amide bonds. The molecule has 1 atom stereocenters. The van der Waals surface area contributed by atoms with E-state index in [-0.39, 0.29) is 0 Å². The number of thiophene rings is 1. The molecule has 17 heavy (non-hydrogen) atoms. The number of benzene rings is 1. The van der Waals surface area contributed by atoms with E-state index in [0.717, 1.165) is 11.0 Å². The first-order chi connectivity index (χ1) is 8.20. The van der Waals surface area contributed by atoms with Gasteiger partial charge in [-0.05, 0) is 59.1 Å². The average molecular weight is 310 g/mol. The van der Waals surface area contributed by atoms with Gasteiger partial charge in [-0.1, -0.05) is 28.9 Å². The second-order valence-corrected chi connectivity index (χ2v) is 5.80. The van der Waals surface area contributed by atoms with Gasteiger partial charge >= 0.3 is 0 Å². The van der Waals surface area contributed by atoms with Gasteiger partial charge in [0, 0.05) is 4.47 Å². The van der Waals surface area contributed by atoms with Gasteiger partial charge in [0.05, 0.1) is 6.04 Å². The predicted molar refractivity (Wildman–Crippen MR) is 78.7 cm³/mol. The number of aryl methyl sites for hydroxylation is 1. The van der Waals surface area contributed by atoms with Crippen molar-refractivity contribution in [1.82, 2.24) is 5.32 Å². The zero-order chi connectivity index (χ0) is 12.3. The third kappa shape index (κ3) is 3.18. The van der Waals surface area contributed by atoms with Gasteiger partial charge < -0.3 is 5.32 Å². The van der Waals surface area contributed by atoms with Crippen LogP contribution in [-0.2, 0) is 0 Å². The van der Waals surface area contributed by atoms with Gasteiger partial charge in [0.15, 0.2) is 0 Å². The minimum absolute atomic E-state index is 0.294. The quantitative estimate of drug-likeness (QED) is 0.875. The fourth-order valence-corrected chi connectivity index (χ4v) is 3.31. The summed E-state index contributed by atoms with van der Waals surface area (Å²) in [5, 5.41) is 7.88. The molecule has 2 aromatic rings. The van der Waals surface area contributed by atoms with Crippen molar-refractivity contribution < 1.29 is 0 Å². The monoisotopic (exact) mass is 309 g/mol. The first-order valence-corrected chi connectivity index (χ1v) is 7.47. The van der Waals surface area contributed by atoms with Crippen LogP contribution in [0.25, 0.3) is 0 Å². The molecule has 0 saturated carbocycles. The third-order valence-corrected chi connectivity index (χ3v) is 3.84. The molecule has 1 aromatic heterocycles. The zero-order valence-corrected chi connectivity index (χ0v) is 12.4. The molecule has 0 radical (unpaired) electrons. The van der Waals surface area contributed by atoms with E-state index in [0.29, 0.717) is 6.04 Å². The Hall–Kier alpha value is -0.640. The Kier molecular flexibility index (Phi) is 4.37. The first kappa shape index (κ1) is 12.8. The molecule has 0 saturated heterocycles. The lowest BCUT2D eigenvalue weighted by Gasteiger charge is -2.18. The summed E-state index contributed by atoms with van der Waals surface area (Å²) in [6, 6.07) is 9.06. The maximum absolute atomic E-state index is 3.57. The van der Waals surface area contributed by atoms with Gasteiger partial charge in [-0.15, -0.1) is 0 Å². The highest BCUT2D eigenvalue weighted by atomic mass is 79.9. The number of hydrogen-bond donors (Lipinski definition) is 1. The fraction of sp³-hybridized carbons (Fsp3) is 0.286. The van der Waals surface area contributed by atoms with Gasteiger partial charge in [0.25, 0.3) is 0 Å². The van der Waals surface area contributed by atoms with E-state index >= 15 is 0 Å². The van der Waals surface area contributed by atoms with Crippen molar-refractivity contribution in [1.29, 1.82) is 0 Å². The summed E-state index contributed by atoms with van der Waals surface area (Å²) in [7, 11) is 0. The Balaban J connectivity index is 2.38. The number of hydrogen-bond acceptors (Lipinski definition) is 2. The molecule has 3 heteroatoms. The van der Waals surface area contributed by atoms with E-state index < -0.39 is 0 Å². The van der Waals surface area contributed by atoms with Crippen molar-refractivity contribution >= 4 is 27.3 Å². The summed E-state index contributed by atoms with van der Waals surface area (Å²) >= 11 is 5.32. The fourth-order valence-electron chi connectivity index (χ4n) is 2.00. The highest BCUT2D eigenvalue weighted by Crippen LogP contribution is 2.27. The molecular weight excluding hydrogens is 294 g/mol.